The van der Waals surface area contributed by atoms with Gasteiger partial charge in [-0.25, -0.2) is 0 Å². The number of amides is 1. The Morgan fingerprint density at radius 1 is 1.22 bits per heavy atom. The molecule has 3 heterocycles. The van der Waals surface area contributed by atoms with Crippen molar-refractivity contribution in [2.24, 2.45) is 7.05 Å². The highest BCUT2D eigenvalue weighted by Crippen LogP contribution is 2.25. The summed E-state index contributed by atoms with van der Waals surface area (Å²) >= 11 is 0. The van der Waals surface area contributed by atoms with Gasteiger partial charge in [-0.2, -0.15) is 5.10 Å². The third kappa shape index (κ3) is 2.55. The van der Waals surface area contributed by atoms with Gasteiger partial charge in [0.2, 0.25) is 0 Å². The van der Waals surface area contributed by atoms with Gasteiger partial charge >= 0.3 is 0 Å². The number of nitrogens with zero attached hydrogens (tertiary/aromatic N) is 4. The van der Waals surface area contributed by atoms with Crippen molar-refractivity contribution in [3.05, 3.63) is 52.8 Å². The Balaban J connectivity index is 1.39. The minimum Gasteiger partial charge on any atom is -0.334 e. The summed E-state index contributed by atoms with van der Waals surface area (Å²) in [5.74, 6) is 0.0989. The largest absolute Gasteiger partial charge is 0.334 e. The van der Waals surface area contributed by atoms with Crippen molar-refractivity contribution in [1.29, 1.82) is 0 Å². The maximum atomic E-state index is 12.5. The third-order valence-electron chi connectivity index (χ3n) is 5.05. The number of hydrogen-bond acceptors (Lipinski definition) is 3. The standard InChI is InChI=1S/C18H22N4O/c1-13-9-17(20(2)19-13)18(23)22-11-16(12-22)21-8-7-14-5-3-4-6-15(14)10-21/h3-6,9,16H,7-8,10-12H2,1-2H3. The molecule has 1 amide bonds. The molecule has 0 atom stereocenters. The van der Waals surface area contributed by atoms with Gasteiger partial charge in [-0.05, 0) is 30.5 Å². The molecular weight excluding hydrogens is 288 g/mol. The van der Waals surface area contributed by atoms with E-state index in [0.717, 1.165) is 38.3 Å². The van der Waals surface area contributed by atoms with E-state index in [4.69, 9.17) is 0 Å². The number of fused-ring (bicyclic) bond motifs is 1. The van der Waals surface area contributed by atoms with Gasteiger partial charge in [0.1, 0.15) is 5.69 Å². The number of carbonyl (C=O) groups excluding carboxylic acids is 1. The summed E-state index contributed by atoms with van der Waals surface area (Å²) in [4.78, 5) is 17.0. The quantitative estimate of drug-likeness (QED) is 0.846. The minimum absolute atomic E-state index is 0.0989. The van der Waals surface area contributed by atoms with Crippen LogP contribution >= 0.6 is 0 Å². The number of likely N-dealkylation sites (tertiary alicyclic amines) is 1. The molecule has 0 unspecified atom stereocenters. The van der Waals surface area contributed by atoms with Crippen LogP contribution in [0.1, 0.15) is 27.3 Å². The lowest BCUT2D eigenvalue weighted by atomic mass is 9.96. The Kier molecular flexibility index (Phi) is 3.45. The molecule has 0 bridgehead atoms. The zero-order valence-electron chi connectivity index (χ0n) is 13.7. The Morgan fingerprint density at radius 3 is 2.65 bits per heavy atom. The monoisotopic (exact) mass is 310 g/mol. The van der Waals surface area contributed by atoms with Crippen molar-refractivity contribution in [2.45, 2.75) is 25.9 Å². The summed E-state index contributed by atoms with van der Waals surface area (Å²) in [6.45, 7) is 5.67. The molecule has 1 saturated heterocycles. The first-order chi connectivity index (χ1) is 11.1. The van der Waals surface area contributed by atoms with Crippen LogP contribution in [0.4, 0.5) is 0 Å². The van der Waals surface area contributed by atoms with Crippen LogP contribution in [-0.4, -0.2) is 51.2 Å². The lowest BCUT2D eigenvalue weighted by Crippen LogP contribution is -2.61. The predicted molar refractivity (Wildman–Crippen MR) is 88.2 cm³/mol. The van der Waals surface area contributed by atoms with E-state index in [1.807, 2.05) is 24.9 Å². The maximum Gasteiger partial charge on any atom is 0.272 e. The van der Waals surface area contributed by atoms with E-state index in [-0.39, 0.29) is 5.91 Å². The van der Waals surface area contributed by atoms with Gasteiger partial charge in [0.25, 0.3) is 5.91 Å². The van der Waals surface area contributed by atoms with Crippen LogP contribution < -0.4 is 0 Å². The van der Waals surface area contributed by atoms with Crippen molar-refractivity contribution in [2.75, 3.05) is 19.6 Å². The van der Waals surface area contributed by atoms with Crippen LogP contribution in [-0.2, 0) is 20.0 Å². The molecule has 1 aromatic carbocycles. The first-order valence-corrected chi connectivity index (χ1v) is 8.22. The normalized spacial score (nSPS) is 18.6. The van der Waals surface area contributed by atoms with Gasteiger partial charge in [0.15, 0.2) is 0 Å². The van der Waals surface area contributed by atoms with Crippen LogP contribution in [0.25, 0.3) is 0 Å². The fraction of sp³-hybridized carbons (Fsp3) is 0.444. The van der Waals surface area contributed by atoms with Gasteiger partial charge in [-0.3, -0.25) is 14.4 Å². The highest BCUT2D eigenvalue weighted by atomic mass is 16.2. The fourth-order valence-corrected chi connectivity index (χ4v) is 3.65. The summed E-state index contributed by atoms with van der Waals surface area (Å²) in [5.41, 5.74) is 4.48. The van der Waals surface area contributed by atoms with Crippen LogP contribution in [0, 0.1) is 6.92 Å². The zero-order valence-corrected chi connectivity index (χ0v) is 13.7. The van der Waals surface area contributed by atoms with E-state index in [2.05, 4.69) is 34.3 Å². The molecule has 1 aromatic heterocycles. The third-order valence-corrected chi connectivity index (χ3v) is 5.05. The van der Waals surface area contributed by atoms with Crippen LogP contribution in [0.15, 0.2) is 30.3 Å². The molecule has 0 aliphatic carbocycles. The number of rotatable bonds is 2. The van der Waals surface area contributed by atoms with Gasteiger partial charge in [0.05, 0.1) is 5.69 Å². The fourth-order valence-electron chi connectivity index (χ4n) is 3.65. The van der Waals surface area contributed by atoms with Crippen molar-refractivity contribution in [3.8, 4) is 0 Å². The summed E-state index contributed by atoms with van der Waals surface area (Å²) in [6.07, 6.45) is 1.11. The molecule has 2 aliphatic heterocycles. The number of benzene rings is 1. The summed E-state index contributed by atoms with van der Waals surface area (Å²) in [7, 11) is 1.83. The molecule has 120 valence electrons. The smallest absolute Gasteiger partial charge is 0.272 e. The number of carbonyl (C=O) groups is 1. The van der Waals surface area contributed by atoms with Crippen LogP contribution in [0.3, 0.4) is 0 Å². The number of aromatic nitrogens is 2. The molecule has 0 N–H and O–H groups in total. The molecule has 2 aliphatic rings. The van der Waals surface area contributed by atoms with E-state index in [1.54, 1.807) is 4.68 Å². The molecular formula is C18H22N4O. The SMILES string of the molecule is Cc1cc(C(=O)N2CC(N3CCc4ccccc4C3)C2)n(C)n1. The molecule has 0 saturated carbocycles. The first-order valence-electron chi connectivity index (χ1n) is 8.22. The topological polar surface area (TPSA) is 41.4 Å². The van der Waals surface area contributed by atoms with Gasteiger partial charge in [0, 0.05) is 39.3 Å². The zero-order chi connectivity index (χ0) is 16.0. The number of aryl methyl sites for hydroxylation is 2. The Labute approximate surface area is 136 Å². The average molecular weight is 310 g/mol. The average Bonchev–Trinajstić information content (AvgIpc) is 2.84. The molecule has 1 fully saturated rings. The maximum absolute atomic E-state index is 12.5. The van der Waals surface area contributed by atoms with Gasteiger partial charge in [-0.15, -0.1) is 0 Å². The van der Waals surface area contributed by atoms with E-state index in [1.165, 1.54) is 11.1 Å². The Hall–Kier alpha value is -2.14. The second-order valence-electron chi connectivity index (χ2n) is 6.65. The Morgan fingerprint density at radius 2 is 1.96 bits per heavy atom. The molecule has 2 aromatic rings. The van der Waals surface area contributed by atoms with Crippen LogP contribution in [0.5, 0.6) is 0 Å². The Bertz CT molecular complexity index is 745. The van der Waals surface area contributed by atoms with E-state index in [0.29, 0.717) is 11.7 Å². The molecule has 23 heavy (non-hydrogen) atoms. The summed E-state index contributed by atoms with van der Waals surface area (Å²) < 4.78 is 1.68. The molecule has 4 rings (SSSR count). The minimum atomic E-state index is 0.0989. The second-order valence-corrected chi connectivity index (χ2v) is 6.65. The second kappa shape index (κ2) is 5.49. The molecule has 5 nitrogen and oxygen atoms in total. The first kappa shape index (κ1) is 14.5. The summed E-state index contributed by atoms with van der Waals surface area (Å²) in [6, 6.07) is 11.0. The molecule has 0 spiro atoms. The van der Waals surface area contributed by atoms with Crippen molar-refractivity contribution in [1.82, 2.24) is 19.6 Å². The number of hydrogen-bond donors (Lipinski definition) is 0. The highest BCUT2D eigenvalue weighted by Gasteiger charge is 2.37. The van der Waals surface area contributed by atoms with Crippen molar-refractivity contribution in [3.63, 3.8) is 0 Å². The van der Waals surface area contributed by atoms with E-state index in [9.17, 15) is 4.79 Å². The van der Waals surface area contributed by atoms with Gasteiger partial charge in [-0.1, -0.05) is 24.3 Å². The van der Waals surface area contributed by atoms with E-state index < -0.39 is 0 Å². The summed E-state index contributed by atoms with van der Waals surface area (Å²) in [5, 5.41) is 4.27. The molecule has 5 heteroatoms. The van der Waals surface area contributed by atoms with Crippen molar-refractivity contribution < 1.29 is 4.79 Å². The molecule has 0 radical (unpaired) electrons. The van der Waals surface area contributed by atoms with Crippen molar-refractivity contribution >= 4 is 5.91 Å². The highest BCUT2D eigenvalue weighted by molar-refractivity contribution is 5.93. The lowest BCUT2D eigenvalue weighted by molar-refractivity contribution is 0.0210. The predicted octanol–water partition coefficient (Wildman–Crippen LogP) is 1.61. The van der Waals surface area contributed by atoms with Crippen LogP contribution in [0.2, 0.25) is 0 Å². The lowest BCUT2D eigenvalue weighted by Gasteiger charge is -2.46. The van der Waals surface area contributed by atoms with Gasteiger partial charge < -0.3 is 4.90 Å². The van der Waals surface area contributed by atoms with E-state index >= 15 is 0 Å².